The van der Waals surface area contributed by atoms with Crippen molar-refractivity contribution in [1.29, 1.82) is 0 Å². The zero-order valence-corrected chi connectivity index (χ0v) is 9.71. The summed E-state index contributed by atoms with van der Waals surface area (Å²) in [5.74, 6) is 0. The van der Waals surface area contributed by atoms with E-state index < -0.39 is 11.7 Å². The molecule has 1 unspecified atom stereocenters. The summed E-state index contributed by atoms with van der Waals surface area (Å²) in [7, 11) is 3.44. The Morgan fingerprint density at radius 2 is 2.06 bits per heavy atom. The number of ether oxygens (including phenoxy) is 1. The van der Waals surface area contributed by atoms with Crippen molar-refractivity contribution in [1.82, 2.24) is 4.90 Å². The average Bonchev–Trinajstić information content (AvgIpc) is 2.25. The molecule has 0 radical (unpaired) electrons. The second kappa shape index (κ2) is 4.31. The molecule has 17 heavy (non-hydrogen) atoms. The predicted octanol–water partition coefficient (Wildman–Crippen LogP) is 2.84. The zero-order valence-electron chi connectivity index (χ0n) is 9.71. The largest absolute Gasteiger partial charge is 0.416 e. The normalized spacial score (nSPS) is 21.4. The van der Waals surface area contributed by atoms with Gasteiger partial charge in [-0.15, -0.1) is 0 Å². The molecule has 0 amide bonds. The topological polar surface area (TPSA) is 12.5 Å². The van der Waals surface area contributed by atoms with Gasteiger partial charge in [-0.25, -0.2) is 0 Å². The van der Waals surface area contributed by atoms with Crippen molar-refractivity contribution in [2.45, 2.75) is 18.8 Å². The molecule has 5 heteroatoms. The molecule has 2 nitrogen and oxygen atoms in total. The lowest BCUT2D eigenvalue weighted by atomic mass is 9.95. The Balaban J connectivity index is 2.41. The van der Waals surface area contributed by atoms with Crippen LogP contribution in [0.1, 0.15) is 22.8 Å². The maximum absolute atomic E-state index is 12.6. The monoisotopic (exact) mass is 245 g/mol. The first kappa shape index (κ1) is 12.4. The van der Waals surface area contributed by atoms with Crippen LogP contribution >= 0.6 is 0 Å². The number of hydrogen-bond donors (Lipinski definition) is 0. The molecule has 0 saturated carbocycles. The highest BCUT2D eigenvalue weighted by atomic mass is 19.4. The van der Waals surface area contributed by atoms with Crippen LogP contribution in [0.4, 0.5) is 13.2 Å². The third kappa shape index (κ3) is 2.45. The third-order valence-corrected chi connectivity index (χ3v) is 3.02. The number of rotatable bonds is 1. The molecule has 0 N–H and O–H groups in total. The highest BCUT2D eigenvalue weighted by molar-refractivity contribution is 5.36. The predicted molar refractivity (Wildman–Crippen MR) is 57.5 cm³/mol. The first-order chi connectivity index (χ1) is 7.91. The number of benzene rings is 1. The van der Waals surface area contributed by atoms with Crippen molar-refractivity contribution in [2.24, 2.45) is 0 Å². The van der Waals surface area contributed by atoms with Gasteiger partial charge in [0.1, 0.15) is 0 Å². The third-order valence-electron chi connectivity index (χ3n) is 3.02. The van der Waals surface area contributed by atoms with Gasteiger partial charge in [0.15, 0.2) is 0 Å². The molecular formula is C12H14F3NO. The molecule has 0 aromatic heterocycles. The molecule has 1 aromatic rings. The number of methoxy groups -OCH3 is 1. The van der Waals surface area contributed by atoms with E-state index in [1.807, 2.05) is 11.9 Å². The standard InChI is InChI=1S/C12H14F3NO/c1-16-6-8-5-9(12(13,14)15)3-4-10(8)11(7-16)17-2/h3-5,11H,6-7H2,1-2H3. The molecule has 1 aliphatic heterocycles. The number of likely N-dealkylation sites (N-methyl/N-ethyl adjacent to an activating group) is 1. The van der Waals surface area contributed by atoms with Gasteiger partial charge < -0.3 is 4.74 Å². The van der Waals surface area contributed by atoms with E-state index in [-0.39, 0.29) is 6.10 Å². The summed E-state index contributed by atoms with van der Waals surface area (Å²) in [6.07, 6.45) is -4.43. The number of halogens is 3. The SMILES string of the molecule is COC1CN(C)Cc2cc(C(F)(F)F)ccc21. The van der Waals surface area contributed by atoms with Gasteiger partial charge in [-0.05, 0) is 30.3 Å². The minimum absolute atomic E-state index is 0.147. The summed E-state index contributed by atoms with van der Waals surface area (Å²) >= 11 is 0. The molecule has 0 saturated heterocycles. The fourth-order valence-corrected chi connectivity index (χ4v) is 2.17. The van der Waals surface area contributed by atoms with Crippen LogP contribution in [0, 0.1) is 0 Å². The molecule has 0 bridgehead atoms. The van der Waals surface area contributed by atoms with Crippen molar-refractivity contribution in [3.63, 3.8) is 0 Å². The van der Waals surface area contributed by atoms with Gasteiger partial charge in [-0.2, -0.15) is 13.2 Å². The summed E-state index contributed by atoms with van der Waals surface area (Å²) in [6, 6.07) is 3.87. The quantitative estimate of drug-likeness (QED) is 0.754. The van der Waals surface area contributed by atoms with Gasteiger partial charge in [0.2, 0.25) is 0 Å². The van der Waals surface area contributed by atoms with E-state index in [1.54, 1.807) is 7.11 Å². The number of fused-ring (bicyclic) bond motifs is 1. The van der Waals surface area contributed by atoms with Crippen LogP contribution in [-0.4, -0.2) is 25.6 Å². The van der Waals surface area contributed by atoms with E-state index in [0.717, 1.165) is 11.6 Å². The Labute approximate surface area is 98.0 Å². The average molecular weight is 245 g/mol. The highest BCUT2D eigenvalue weighted by Crippen LogP contribution is 2.34. The molecule has 1 aliphatic rings. The maximum atomic E-state index is 12.6. The minimum atomic E-state index is -4.28. The number of alkyl halides is 3. The lowest BCUT2D eigenvalue weighted by molar-refractivity contribution is -0.137. The summed E-state index contributed by atoms with van der Waals surface area (Å²) in [5, 5.41) is 0. The first-order valence-corrected chi connectivity index (χ1v) is 5.33. The second-order valence-electron chi connectivity index (χ2n) is 4.33. The Kier molecular flexibility index (Phi) is 3.14. The fourth-order valence-electron chi connectivity index (χ4n) is 2.17. The summed E-state index contributed by atoms with van der Waals surface area (Å²) in [4.78, 5) is 1.96. The lowest BCUT2D eigenvalue weighted by Gasteiger charge is -2.31. The fraction of sp³-hybridized carbons (Fsp3) is 0.500. The summed E-state index contributed by atoms with van der Waals surface area (Å²) in [6.45, 7) is 1.23. The van der Waals surface area contributed by atoms with Crippen LogP contribution in [0.25, 0.3) is 0 Å². The Hall–Kier alpha value is -1.07. The van der Waals surface area contributed by atoms with E-state index in [0.29, 0.717) is 18.7 Å². The van der Waals surface area contributed by atoms with Gasteiger partial charge in [-0.1, -0.05) is 6.07 Å². The summed E-state index contributed by atoms with van der Waals surface area (Å²) < 4.78 is 43.1. The molecule has 1 heterocycles. The van der Waals surface area contributed by atoms with Gasteiger partial charge in [0.25, 0.3) is 0 Å². The van der Waals surface area contributed by atoms with Crippen molar-refractivity contribution in [3.8, 4) is 0 Å². The summed E-state index contributed by atoms with van der Waals surface area (Å²) in [5.41, 5.74) is 0.959. The maximum Gasteiger partial charge on any atom is 0.416 e. The van der Waals surface area contributed by atoms with E-state index in [4.69, 9.17) is 4.74 Å². The molecule has 0 aliphatic carbocycles. The number of hydrogen-bond acceptors (Lipinski definition) is 2. The molecule has 0 fully saturated rings. The van der Waals surface area contributed by atoms with Crippen LogP contribution in [-0.2, 0) is 17.5 Å². The lowest BCUT2D eigenvalue weighted by Crippen LogP contribution is -2.31. The Morgan fingerprint density at radius 1 is 1.35 bits per heavy atom. The van der Waals surface area contributed by atoms with Crippen molar-refractivity contribution < 1.29 is 17.9 Å². The van der Waals surface area contributed by atoms with Crippen LogP contribution in [0.5, 0.6) is 0 Å². The van der Waals surface area contributed by atoms with Crippen LogP contribution < -0.4 is 0 Å². The van der Waals surface area contributed by atoms with Crippen LogP contribution in [0.3, 0.4) is 0 Å². The van der Waals surface area contributed by atoms with E-state index >= 15 is 0 Å². The minimum Gasteiger partial charge on any atom is -0.375 e. The molecule has 1 atom stereocenters. The van der Waals surface area contributed by atoms with Gasteiger partial charge >= 0.3 is 6.18 Å². The van der Waals surface area contributed by atoms with E-state index in [1.165, 1.54) is 12.1 Å². The van der Waals surface area contributed by atoms with Crippen molar-refractivity contribution in [2.75, 3.05) is 20.7 Å². The molecule has 2 rings (SSSR count). The van der Waals surface area contributed by atoms with Crippen LogP contribution in [0.15, 0.2) is 18.2 Å². The second-order valence-corrected chi connectivity index (χ2v) is 4.33. The van der Waals surface area contributed by atoms with E-state index in [9.17, 15) is 13.2 Å². The Morgan fingerprint density at radius 3 is 2.65 bits per heavy atom. The number of nitrogens with zero attached hydrogens (tertiary/aromatic N) is 1. The van der Waals surface area contributed by atoms with Crippen molar-refractivity contribution in [3.05, 3.63) is 34.9 Å². The Bertz CT molecular complexity index is 417. The van der Waals surface area contributed by atoms with E-state index in [2.05, 4.69) is 0 Å². The molecule has 94 valence electrons. The van der Waals surface area contributed by atoms with Crippen LogP contribution in [0.2, 0.25) is 0 Å². The highest BCUT2D eigenvalue weighted by Gasteiger charge is 2.32. The zero-order chi connectivity index (χ0) is 12.6. The smallest absolute Gasteiger partial charge is 0.375 e. The van der Waals surface area contributed by atoms with Gasteiger partial charge in [-0.3, -0.25) is 4.90 Å². The van der Waals surface area contributed by atoms with Gasteiger partial charge in [0, 0.05) is 20.2 Å². The molecule has 0 spiro atoms. The van der Waals surface area contributed by atoms with Gasteiger partial charge in [0.05, 0.1) is 11.7 Å². The molecule has 1 aromatic carbocycles. The molecular weight excluding hydrogens is 231 g/mol. The first-order valence-electron chi connectivity index (χ1n) is 5.33. The van der Waals surface area contributed by atoms with Crippen molar-refractivity contribution >= 4 is 0 Å².